The third-order valence-corrected chi connectivity index (χ3v) is 5.03. The molecule has 1 aromatic heterocycles. The maximum Gasteiger partial charge on any atom is 0.417 e. The van der Waals surface area contributed by atoms with E-state index in [0.717, 1.165) is 6.07 Å². The molecule has 2 atom stereocenters. The van der Waals surface area contributed by atoms with Gasteiger partial charge in [0, 0.05) is 25.2 Å². The van der Waals surface area contributed by atoms with Crippen molar-refractivity contribution in [1.29, 1.82) is 0 Å². The van der Waals surface area contributed by atoms with Crippen molar-refractivity contribution in [3.05, 3.63) is 17.7 Å². The predicted molar refractivity (Wildman–Crippen MR) is 84.8 cm³/mol. The summed E-state index contributed by atoms with van der Waals surface area (Å²) in [6, 6.07) is 1.60. The van der Waals surface area contributed by atoms with Crippen LogP contribution in [0.3, 0.4) is 0 Å². The fourth-order valence-electron chi connectivity index (χ4n) is 3.08. The molecule has 5 N–H and O–H groups in total. The molecule has 14 heteroatoms. The molecule has 27 heavy (non-hydrogen) atoms. The van der Waals surface area contributed by atoms with Crippen molar-refractivity contribution in [3.8, 4) is 11.4 Å². The third-order valence-electron chi connectivity index (χ3n) is 4.04. The maximum atomic E-state index is 13.4. The number of nitrogens with zero attached hydrogens (tertiary/aromatic N) is 4. The van der Waals surface area contributed by atoms with Gasteiger partial charge in [-0.1, -0.05) is 0 Å². The normalized spacial score (nSPS) is 21.5. The molecule has 1 saturated heterocycles. The van der Waals surface area contributed by atoms with Gasteiger partial charge in [0.1, 0.15) is 4.90 Å². The maximum absolute atomic E-state index is 13.4. The average Bonchev–Trinajstić information content (AvgIpc) is 3.04. The minimum absolute atomic E-state index is 0.0359. The van der Waals surface area contributed by atoms with Crippen molar-refractivity contribution in [1.82, 2.24) is 20.6 Å². The molecule has 0 unspecified atom stereocenters. The van der Waals surface area contributed by atoms with E-state index in [4.69, 9.17) is 5.14 Å². The lowest BCUT2D eigenvalue weighted by molar-refractivity contribution is -0.139. The number of sulfonamides is 1. The van der Waals surface area contributed by atoms with Gasteiger partial charge < -0.3 is 15.1 Å². The van der Waals surface area contributed by atoms with E-state index in [2.05, 4.69) is 20.6 Å². The lowest BCUT2D eigenvalue weighted by Crippen LogP contribution is -2.46. The Hall–Kier alpha value is -2.29. The van der Waals surface area contributed by atoms with Crippen molar-refractivity contribution >= 4 is 15.7 Å². The Kier molecular flexibility index (Phi) is 4.83. The molecule has 0 aliphatic carbocycles. The number of β-amino-alcohol motifs (C(OH)–C–C–N with tert-alkyl or cyclic N) is 2. The number of aliphatic hydroxyl groups excluding tert-OH is 2. The van der Waals surface area contributed by atoms with Crippen LogP contribution in [0.25, 0.3) is 11.4 Å². The molecule has 148 valence electrons. The van der Waals surface area contributed by atoms with Crippen LogP contribution in [0.15, 0.2) is 17.0 Å². The van der Waals surface area contributed by atoms with Gasteiger partial charge in [-0.25, -0.2) is 13.6 Å². The molecule has 1 aliphatic heterocycles. The molecule has 10 nitrogen and oxygen atoms in total. The van der Waals surface area contributed by atoms with E-state index in [1.165, 1.54) is 4.90 Å². The SMILES string of the molecule is NS(=O)(=O)c1c(C(F)(F)F)ccc(N2C[C@H](O)C[C@@H](O)C2)c1-c1nn[nH]n1. The van der Waals surface area contributed by atoms with Crippen LogP contribution in [-0.4, -0.2) is 64.6 Å². The number of hydrogen-bond donors (Lipinski definition) is 4. The van der Waals surface area contributed by atoms with Crippen molar-refractivity contribution < 1.29 is 31.8 Å². The Bertz CT molecular complexity index is 924. The van der Waals surface area contributed by atoms with Crippen LogP contribution in [0.2, 0.25) is 0 Å². The van der Waals surface area contributed by atoms with Crippen molar-refractivity contribution in [2.45, 2.75) is 29.7 Å². The first kappa shape index (κ1) is 19.5. The fourth-order valence-corrected chi connectivity index (χ4v) is 4.05. The second-order valence-corrected chi connectivity index (χ2v) is 7.56. The number of aliphatic hydroxyl groups is 2. The Morgan fingerprint density at radius 3 is 2.33 bits per heavy atom. The lowest BCUT2D eigenvalue weighted by Gasteiger charge is -2.36. The van der Waals surface area contributed by atoms with Crippen LogP contribution in [0.1, 0.15) is 12.0 Å². The van der Waals surface area contributed by atoms with Crippen LogP contribution < -0.4 is 10.0 Å². The van der Waals surface area contributed by atoms with E-state index in [9.17, 15) is 31.8 Å². The molecule has 3 rings (SSSR count). The zero-order chi connectivity index (χ0) is 20.0. The van der Waals surface area contributed by atoms with Gasteiger partial charge >= 0.3 is 6.18 Å². The standard InChI is InChI=1S/C13H15F3N6O4S/c14-13(15,16)8-1-2-9(22-4-6(23)3-7(24)5-22)10(11(8)27(17,25)26)12-18-20-21-19-12/h1-2,6-7,23-24H,3-5H2,(H2,17,25,26)(H,18,19,20,21)/t6-,7-/m1/s1. The zero-order valence-corrected chi connectivity index (χ0v) is 14.4. The smallest absolute Gasteiger partial charge is 0.391 e. The van der Waals surface area contributed by atoms with Gasteiger partial charge in [-0.3, -0.25) is 0 Å². The monoisotopic (exact) mass is 408 g/mol. The highest BCUT2D eigenvalue weighted by molar-refractivity contribution is 7.89. The molecular formula is C13H15F3N6O4S. The van der Waals surface area contributed by atoms with Gasteiger partial charge in [0.25, 0.3) is 0 Å². The molecule has 0 spiro atoms. The molecule has 1 fully saturated rings. The van der Waals surface area contributed by atoms with Crippen LogP contribution in [-0.2, 0) is 16.2 Å². The number of aromatic nitrogens is 4. The highest BCUT2D eigenvalue weighted by atomic mass is 32.2. The molecule has 0 saturated carbocycles. The number of anilines is 1. The summed E-state index contributed by atoms with van der Waals surface area (Å²) in [6.45, 7) is -0.0886. The van der Waals surface area contributed by atoms with Gasteiger partial charge in [0.05, 0.1) is 23.3 Å². The summed E-state index contributed by atoms with van der Waals surface area (Å²) < 4.78 is 64.4. The second-order valence-electron chi connectivity index (χ2n) is 6.06. The Labute approximate surface area is 150 Å². The summed E-state index contributed by atoms with van der Waals surface area (Å²) in [7, 11) is -4.85. The van der Waals surface area contributed by atoms with Gasteiger partial charge in [0.2, 0.25) is 15.8 Å². The second kappa shape index (κ2) is 6.70. The Morgan fingerprint density at radius 1 is 1.22 bits per heavy atom. The quantitative estimate of drug-likeness (QED) is 0.527. The number of H-pyrrole nitrogens is 1. The van der Waals surface area contributed by atoms with E-state index in [0.29, 0.717) is 6.07 Å². The molecule has 1 aromatic carbocycles. The molecule has 1 aliphatic rings. The number of tetrazole rings is 1. The van der Waals surface area contributed by atoms with E-state index in [1.54, 1.807) is 0 Å². The van der Waals surface area contributed by atoms with E-state index in [1.807, 2.05) is 0 Å². The minimum Gasteiger partial charge on any atom is -0.391 e. The van der Waals surface area contributed by atoms with Gasteiger partial charge in [0.15, 0.2) is 0 Å². The van der Waals surface area contributed by atoms with Crippen LogP contribution in [0.4, 0.5) is 18.9 Å². The molecule has 2 aromatic rings. The number of primary sulfonamides is 1. The number of nitrogens with two attached hydrogens (primary N) is 1. The number of halogens is 3. The van der Waals surface area contributed by atoms with Gasteiger partial charge in [-0.15, -0.1) is 10.2 Å². The molecule has 0 bridgehead atoms. The van der Waals surface area contributed by atoms with Gasteiger partial charge in [-0.2, -0.15) is 18.4 Å². The summed E-state index contributed by atoms with van der Waals surface area (Å²) in [6.07, 6.45) is -6.87. The molecular weight excluding hydrogens is 393 g/mol. The van der Waals surface area contributed by atoms with Crippen LogP contribution in [0.5, 0.6) is 0 Å². The van der Waals surface area contributed by atoms with Gasteiger partial charge in [-0.05, 0) is 17.3 Å². The zero-order valence-electron chi connectivity index (χ0n) is 13.5. The molecule has 0 amide bonds. The highest BCUT2D eigenvalue weighted by Gasteiger charge is 2.41. The lowest BCUT2D eigenvalue weighted by atomic mass is 10.0. The summed E-state index contributed by atoms with van der Waals surface area (Å²) >= 11 is 0. The predicted octanol–water partition coefficient (Wildman–Crippen LogP) is -0.535. The van der Waals surface area contributed by atoms with Crippen molar-refractivity contribution in [2.75, 3.05) is 18.0 Å². The number of rotatable bonds is 3. The summed E-state index contributed by atoms with van der Waals surface area (Å²) in [5, 5.41) is 37.3. The summed E-state index contributed by atoms with van der Waals surface area (Å²) in [5.74, 6) is -0.422. The third kappa shape index (κ3) is 3.87. The summed E-state index contributed by atoms with van der Waals surface area (Å²) in [5.41, 5.74) is -2.03. The first-order valence-corrected chi connectivity index (χ1v) is 9.15. The molecule has 2 heterocycles. The Balaban J connectivity index is 2.32. The number of benzene rings is 1. The fraction of sp³-hybridized carbons (Fsp3) is 0.462. The molecule has 0 radical (unpaired) electrons. The van der Waals surface area contributed by atoms with Crippen LogP contribution >= 0.6 is 0 Å². The first-order valence-electron chi connectivity index (χ1n) is 7.60. The number of alkyl halides is 3. The van der Waals surface area contributed by atoms with E-state index >= 15 is 0 Å². The topological polar surface area (TPSA) is 158 Å². The number of piperidine rings is 1. The minimum atomic E-state index is -5.01. The number of hydrogen-bond acceptors (Lipinski definition) is 8. The summed E-state index contributed by atoms with van der Waals surface area (Å²) in [4.78, 5) is 0.141. The average molecular weight is 408 g/mol. The first-order chi connectivity index (χ1) is 12.5. The van der Waals surface area contributed by atoms with Crippen LogP contribution in [0, 0.1) is 0 Å². The largest absolute Gasteiger partial charge is 0.417 e. The number of aromatic amines is 1. The van der Waals surface area contributed by atoms with E-state index in [-0.39, 0.29) is 25.2 Å². The Morgan fingerprint density at radius 2 is 1.85 bits per heavy atom. The van der Waals surface area contributed by atoms with E-state index < -0.39 is 50.3 Å². The number of nitrogens with one attached hydrogen (secondary N) is 1. The highest BCUT2D eigenvalue weighted by Crippen LogP contribution is 2.43. The van der Waals surface area contributed by atoms with Crippen molar-refractivity contribution in [2.24, 2.45) is 5.14 Å². The van der Waals surface area contributed by atoms with Crippen molar-refractivity contribution in [3.63, 3.8) is 0 Å².